The summed E-state index contributed by atoms with van der Waals surface area (Å²) in [5.74, 6) is 1.53. The van der Waals surface area contributed by atoms with E-state index in [9.17, 15) is 5.11 Å². The molecule has 2 N–H and O–H groups in total. The van der Waals surface area contributed by atoms with Crippen molar-refractivity contribution in [2.45, 2.75) is 6.92 Å². The molecule has 1 aromatic carbocycles. The highest BCUT2D eigenvalue weighted by atomic mass is 16.3. The van der Waals surface area contributed by atoms with Crippen LogP contribution in [0.15, 0.2) is 41.5 Å². The van der Waals surface area contributed by atoms with E-state index in [2.05, 4.69) is 25.8 Å². The van der Waals surface area contributed by atoms with E-state index in [-0.39, 0.29) is 5.75 Å². The summed E-state index contributed by atoms with van der Waals surface area (Å²) in [7, 11) is 0. The molecule has 3 rings (SSSR count). The second-order valence-electron chi connectivity index (χ2n) is 4.20. The molecule has 2 heterocycles. The Hall–Kier alpha value is -2.96. The summed E-state index contributed by atoms with van der Waals surface area (Å²) in [6, 6.07) is 10.3. The van der Waals surface area contributed by atoms with Crippen LogP contribution in [0.5, 0.6) is 5.75 Å². The van der Waals surface area contributed by atoms with Gasteiger partial charge in [0.2, 0.25) is 0 Å². The zero-order valence-corrected chi connectivity index (χ0v) is 10.7. The predicted molar refractivity (Wildman–Crippen MR) is 74.8 cm³/mol. The molecule has 0 aliphatic carbocycles. The fourth-order valence-corrected chi connectivity index (χ4v) is 1.69. The van der Waals surface area contributed by atoms with E-state index in [1.807, 2.05) is 13.0 Å². The number of benzene rings is 1. The average molecular weight is 268 g/mol. The lowest BCUT2D eigenvalue weighted by Crippen LogP contribution is -2.00. The van der Waals surface area contributed by atoms with Crippen LogP contribution in [0.3, 0.4) is 0 Å². The van der Waals surface area contributed by atoms with Crippen LogP contribution in [0.2, 0.25) is 0 Å². The van der Waals surface area contributed by atoms with Gasteiger partial charge < -0.3 is 5.11 Å². The first-order valence-corrected chi connectivity index (χ1v) is 5.99. The Labute approximate surface area is 114 Å². The third-order valence-electron chi connectivity index (χ3n) is 2.70. The molecule has 20 heavy (non-hydrogen) atoms. The topological polar surface area (TPSA) is 87.7 Å². The summed E-state index contributed by atoms with van der Waals surface area (Å²) >= 11 is 0. The van der Waals surface area contributed by atoms with Gasteiger partial charge in [0.25, 0.3) is 0 Å². The molecular formula is C13H12N6O. The minimum Gasteiger partial charge on any atom is -0.508 e. The quantitative estimate of drug-likeness (QED) is 0.556. The lowest BCUT2D eigenvalue weighted by molar-refractivity contribution is 0.475. The van der Waals surface area contributed by atoms with Crippen LogP contribution in [0, 0.1) is 6.92 Å². The summed E-state index contributed by atoms with van der Waals surface area (Å²) < 4.78 is 1.64. The van der Waals surface area contributed by atoms with E-state index in [4.69, 9.17) is 0 Å². The summed E-state index contributed by atoms with van der Waals surface area (Å²) in [6.45, 7) is 1.83. The molecule has 0 fully saturated rings. The molecule has 0 saturated carbocycles. The van der Waals surface area contributed by atoms with E-state index in [0.29, 0.717) is 17.3 Å². The smallest absolute Gasteiger partial charge is 0.178 e. The summed E-state index contributed by atoms with van der Waals surface area (Å²) in [5.41, 5.74) is 4.40. The Morgan fingerprint density at radius 3 is 2.75 bits per heavy atom. The maximum Gasteiger partial charge on any atom is 0.178 e. The minimum absolute atomic E-state index is 0.227. The lowest BCUT2D eigenvalue weighted by atomic mass is 10.2. The highest BCUT2D eigenvalue weighted by molar-refractivity contribution is 5.80. The molecule has 2 aromatic heterocycles. The van der Waals surface area contributed by atoms with Crippen LogP contribution in [0.25, 0.3) is 5.65 Å². The molecule has 0 unspecified atom stereocenters. The standard InChI is InChI=1S/C13H12N6O/c1-9-15-17-13-7-6-12(18-19(9)13)16-14-8-10-2-4-11(20)5-3-10/h2-8,20H,1H3,(H,16,18). The number of fused-ring (bicyclic) bond motifs is 1. The average Bonchev–Trinajstić information content (AvgIpc) is 2.83. The summed E-state index contributed by atoms with van der Waals surface area (Å²) in [6.07, 6.45) is 1.64. The summed E-state index contributed by atoms with van der Waals surface area (Å²) in [4.78, 5) is 0. The first-order valence-electron chi connectivity index (χ1n) is 5.99. The molecule has 0 aliphatic heterocycles. The maximum absolute atomic E-state index is 9.18. The number of aromatic hydroxyl groups is 1. The SMILES string of the molecule is Cc1nnc2ccc(NN=Cc3ccc(O)cc3)nn12. The third-order valence-corrected chi connectivity index (χ3v) is 2.70. The number of aromatic nitrogens is 4. The predicted octanol–water partition coefficient (Wildman–Crippen LogP) is 1.58. The minimum atomic E-state index is 0.227. The number of hydrazone groups is 1. The van der Waals surface area contributed by atoms with Gasteiger partial charge in [-0.3, -0.25) is 5.43 Å². The van der Waals surface area contributed by atoms with Gasteiger partial charge in [-0.05, 0) is 48.9 Å². The number of phenols is 1. The molecule has 0 saturated heterocycles. The highest BCUT2D eigenvalue weighted by Gasteiger charge is 2.02. The maximum atomic E-state index is 9.18. The van der Waals surface area contributed by atoms with Gasteiger partial charge in [-0.25, -0.2) is 0 Å². The Bertz CT molecular complexity index is 762. The lowest BCUT2D eigenvalue weighted by Gasteiger charge is -2.00. The molecule has 0 spiro atoms. The molecule has 3 aromatic rings. The Morgan fingerprint density at radius 1 is 1.15 bits per heavy atom. The van der Waals surface area contributed by atoms with Crippen molar-refractivity contribution < 1.29 is 5.11 Å². The number of phenolic OH excluding ortho intramolecular Hbond substituents is 1. The van der Waals surface area contributed by atoms with Crippen molar-refractivity contribution in [2.24, 2.45) is 5.10 Å². The molecule has 0 amide bonds. The van der Waals surface area contributed by atoms with E-state index < -0.39 is 0 Å². The monoisotopic (exact) mass is 268 g/mol. The van der Waals surface area contributed by atoms with Crippen molar-refractivity contribution >= 4 is 17.7 Å². The number of anilines is 1. The van der Waals surface area contributed by atoms with Crippen molar-refractivity contribution in [3.63, 3.8) is 0 Å². The number of rotatable bonds is 3. The van der Waals surface area contributed by atoms with Crippen LogP contribution < -0.4 is 5.43 Å². The van der Waals surface area contributed by atoms with Gasteiger partial charge in [0, 0.05) is 0 Å². The van der Waals surface area contributed by atoms with Crippen LogP contribution >= 0.6 is 0 Å². The molecule has 0 radical (unpaired) electrons. The molecule has 0 aliphatic rings. The van der Waals surface area contributed by atoms with Crippen LogP contribution in [0.1, 0.15) is 11.4 Å². The van der Waals surface area contributed by atoms with Crippen molar-refractivity contribution in [3.8, 4) is 5.75 Å². The fraction of sp³-hybridized carbons (Fsp3) is 0.0769. The zero-order chi connectivity index (χ0) is 13.9. The van der Waals surface area contributed by atoms with E-state index in [1.165, 1.54) is 0 Å². The highest BCUT2D eigenvalue weighted by Crippen LogP contribution is 2.09. The second-order valence-corrected chi connectivity index (χ2v) is 4.20. The van der Waals surface area contributed by atoms with Gasteiger partial charge in [-0.15, -0.1) is 15.3 Å². The first-order chi connectivity index (χ1) is 9.72. The molecule has 0 atom stereocenters. The van der Waals surface area contributed by atoms with E-state index in [1.54, 1.807) is 41.1 Å². The van der Waals surface area contributed by atoms with E-state index >= 15 is 0 Å². The van der Waals surface area contributed by atoms with Crippen molar-refractivity contribution in [1.29, 1.82) is 0 Å². The molecule has 100 valence electrons. The van der Waals surface area contributed by atoms with Crippen LogP contribution in [-0.4, -0.2) is 31.1 Å². The molecule has 7 heteroatoms. The van der Waals surface area contributed by atoms with Gasteiger partial charge in [-0.1, -0.05) is 0 Å². The summed E-state index contributed by atoms with van der Waals surface area (Å²) in [5, 5.41) is 25.5. The Balaban J connectivity index is 1.76. The first kappa shape index (κ1) is 12.1. The van der Waals surface area contributed by atoms with Crippen LogP contribution in [0.4, 0.5) is 5.82 Å². The Morgan fingerprint density at radius 2 is 1.95 bits per heavy atom. The molecule has 0 bridgehead atoms. The number of hydrogen-bond donors (Lipinski definition) is 2. The van der Waals surface area contributed by atoms with Gasteiger partial charge in [-0.2, -0.15) is 9.62 Å². The van der Waals surface area contributed by atoms with Crippen molar-refractivity contribution in [2.75, 3.05) is 5.43 Å². The van der Waals surface area contributed by atoms with Gasteiger partial charge in [0.05, 0.1) is 6.21 Å². The number of nitrogens with zero attached hydrogens (tertiary/aromatic N) is 5. The number of aryl methyl sites for hydroxylation is 1. The normalized spacial score (nSPS) is 11.2. The van der Waals surface area contributed by atoms with Crippen LogP contribution in [-0.2, 0) is 0 Å². The largest absolute Gasteiger partial charge is 0.508 e. The van der Waals surface area contributed by atoms with Gasteiger partial charge in [0.15, 0.2) is 17.3 Å². The molecule has 7 nitrogen and oxygen atoms in total. The Kier molecular flexibility index (Phi) is 3.00. The zero-order valence-electron chi connectivity index (χ0n) is 10.7. The van der Waals surface area contributed by atoms with Crippen molar-refractivity contribution in [3.05, 3.63) is 47.8 Å². The van der Waals surface area contributed by atoms with Gasteiger partial charge in [0.1, 0.15) is 5.75 Å². The van der Waals surface area contributed by atoms with E-state index in [0.717, 1.165) is 5.56 Å². The number of nitrogens with one attached hydrogen (secondary N) is 1. The molecular weight excluding hydrogens is 256 g/mol. The van der Waals surface area contributed by atoms with Gasteiger partial charge >= 0.3 is 0 Å². The second kappa shape index (κ2) is 4.96. The van der Waals surface area contributed by atoms with Crippen molar-refractivity contribution in [1.82, 2.24) is 19.8 Å². The number of hydrogen-bond acceptors (Lipinski definition) is 6. The fourth-order valence-electron chi connectivity index (χ4n) is 1.69. The third kappa shape index (κ3) is 2.41.